The van der Waals surface area contributed by atoms with Gasteiger partial charge in [-0.15, -0.1) is 0 Å². The molecule has 0 radical (unpaired) electrons. The number of halogens is 2. The molecule has 200 valence electrons. The number of hydrogen-bond acceptors (Lipinski definition) is 2. The Labute approximate surface area is 260 Å². The molecule has 0 aliphatic carbocycles. The zero-order valence-electron chi connectivity index (χ0n) is 22.1. The first-order chi connectivity index (χ1) is 20.3. The van der Waals surface area contributed by atoms with Crippen LogP contribution in [-0.2, 0) is 0 Å². The number of para-hydroxylation sites is 2. The summed E-state index contributed by atoms with van der Waals surface area (Å²) < 4.78 is 10.6. The molecule has 0 saturated heterocycles. The first kappa shape index (κ1) is 25.1. The van der Waals surface area contributed by atoms with Crippen molar-refractivity contribution in [3.8, 4) is 22.3 Å². The molecule has 0 fully saturated rings. The van der Waals surface area contributed by atoms with Crippen LogP contribution in [0.5, 0.6) is 0 Å². The number of rotatable bonds is 4. The molecule has 4 heteroatoms. The van der Waals surface area contributed by atoms with Crippen LogP contribution in [0.3, 0.4) is 0 Å². The molecule has 41 heavy (non-hydrogen) atoms. The Morgan fingerprint density at radius 3 is 2.02 bits per heavy atom. The Kier molecular flexibility index (Phi) is 6.53. The van der Waals surface area contributed by atoms with E-state index in [1.165, 1.54) is 36.1 Å². The van der Waals surface area contributed by atoms with Crippen LogP contribution in [0.4, 0.5) is 17.1 Å². The summed E-state index contributed by atoms with van der Waals surface area (Å²) in [4.78, 5) is 2.40. The summed E-state index contributed by atoms with van der Waals surface area (Å²) in [6, 6.07) is 50.7. The molecule has 0 N–H and O–H groups in total. The molecule has 1 aromatic heterocycles. The van der Waals surface area contributed by atoms with Gasteiger partial charge in [0.25, 0.3) is 0 Å². The summed E-state index contributed by atoms with van der Waals surface area (Å²) in [5, 5.41) is 2.32. The maximum atomic E-state index is 6.06. The molecule has 0 spiro atoms. The van der Waals surface area contributed by atoms with E-state index in [9.17, 15) is 0 Å². The Bertz CT molecular complexity index is 2030. The third-order valence-corrected chi connectivity index (χ3v) is 15.5. The van der Waals surface area contributed by atoms with Gasteiger partial charge in [0.05, 0.1) is 0 Å². The third-order valence-electron chi connectivity index (χ3n) is 7.61. The van der Waals surface area contributed by atoms with E-state index in [1.807, 2.05) is 12.1 Å². The maximum absolute atomic E-state index is 6.06. The van der Waals surface area contributed by atoms with Crippen molar-refractivity contribution >= 4 is 39.0 Å². The Balaban J connectivity index is 1.20. The number of anilines is 3. The number of nitrogens with zero attached hydrogens (tertiary/aromatic N) is 1. The fourth-order valence-corrected chi connectivity index (χ4v) is 14.3. The topological polar surface area (TPSA) is 16.4 Å². The van der Waals surface area contributed by atoms with Crippen molar-refractivity contribution in [2.24, 2.45) is 0 Å². The zero-order chi connectivity index (χ0) is 27.2. The van der Waals surface area contributed by atoms with Crippen LogP contribution in [-0.4, -0.2) is 2.43 Å². The van der Waals surface area contributed by atoms with Crippen LogP contribution in [0.25, 0.3) is 44.2 Å². The Hall–Kier alpha value is -3.62. The minimum atomic E-state index is -0.00882. The van der Waals surface area contributed by atoms with Crippen molar-refractivity contribution in [2.75, 3.05) is 7.33 Å². The van der Waals surface area contributed by atoms with Gasteiger partial charge in [0.1, 0.15) is 5.58 Å². The summed E-state index contributed by atoms with van der Waals surface area (Å²) in [6.45, 7) is 0. The van der Waals surface area contributed by atoms with E-state index >= 15 is 0 Å². The summed E-state index contributed by atoms with van der Waals surface area (Å²) in [7, 11) is 0. The van der Waals surface area contributed by atoms with Crippen molar-refractivity contribution in [2.45, 2.75) is 0 Å². The van der Waals surface area contributed by atoms with Gasteiger partial charge in [0, 0.05) is 0 Å². The molecule has 0 saturated carbocycles. The van der Waals surface area contributed by atoms with E-state index < -0.39 is 0 Å². The van der Waals surface area contributed by atoms with Crippen molar-refractivity contribution in [1.82, 2.24) is 0 Å². The van der Waals surface area contributed by atoms with Crippen molar-refractivity contribution in [1.29, 1.82) is 0 Å². The van der Waals surface area contributed by atoms with Crippen LogP contribution in [0, 0.1) is 7.14 Å². The van der Waals surface area contributed by atoms with E-state index in [1.54, 1.807) is 7.14 Å². The first-order valence-corrected chi connectivity index (χ1v) is 18.8. The van der Waals surface area contributed by atoms with Crippen LogP contribution < -0.4 is 47.3 Å². The SMILES string of the molecule is c1ccc(N(c2ccc(-c3ccc4oc5ccccc5c4c3)cc2)c2ccc3c(c2)[I-]C[I-]c2ccccc2-3)cc1. The van der Waals surface area contributed by atoms with Gasteiger partial charge in [-0.05, 0) is 6.07 Å². The van der Waals surface area contributed by atoms with Crippen molar-refractivity contribution < 1.29 is 46.8 Å². The van der Waals surface area contributed by atoms with Gasteiger partial charge in [-0.3, -0.25) is 0 Å². The van der Waals surface area contributed by atoms with E-state index in [-0.39, 0.29) is 42.4 Å². The summed E-state index contributed by atoms with van der Waals surface area (Å²) in [5.41, 5.74) is 10.7. The number of alkyl halides is 2. The number of benzene rings is 6. The van der Waals surface area contributed by atoms with E-state index in [0.29, 0.717) is 0 Å². The Morgan fingerprint density at radius 1 is 0.463 bits per heavy atom. The molecule has 8 rings (SSSR count). The van der Waals surface area contributed by atoms with Crippen molar-refractivity contribution in [3.63, 3.8) is 0 Å². The molecule has 1 aliphatic rings. The van der Waals surface area contributed by atoms with Crippen LogP contribution >= 0.6 is 0 Å². The molecule has 0 atom stereocenters. The van der Waals surface area contributed by atoms with Crippen LogP contribution in [0.15, 0.2) is 144 Å². The average molecular weight is 753 g/mol. The predicted molar refractivity (Wildman–Crippen MR) is 162 cm³/mol. The Morgan fingerprint density at radius 2 is 1.12 bits per heavy atom. The van der Waals surface area contributed by atoms with E-state index in [0.717, 1.165) is 27.6 Å². The fourth-order valence-electron chi connectivity index (χ4n) is 5.64. The van der Waals surface area contributed by atoms with Gasteiger partial charge < -0.3 is 4.42 Å². The summed E-state index contributed by atoms with van der Waals surface area (Å²) >= 11 is 0.0800. The van der Waals surface area contributed by atoms with Gasteiger partial charge in [-0.1, -0.05) is 18.2 Å². The second-order valence-electron chi connectivity index (χ2n) is 10.0. The molecule has 0 unspecified atom stereocenters. The number of fused-ring (bicyclic) bond motifs is 6. The predicted octanol–water partition coefficient (Wildman–Crippen LogP) is 3.88. The zero-order valence-corrected chi connectivity index (χ0v) is 26.4. The molecule has 1 aliphatic heterocycles. The van der Waals surface area contributed by atoms with Gasteiger partial charge in [-0.25, -0.2) is 0 Å². The molecular formula is C37H25I2NO-2. The molecular weight excluding hydrogens is 728 g/mol. The monoisotopic (exact) mass is 753 g/mol. The second-order valence-corrected chi connectivity index (χ2v) is 18.3. The number of furan rings is 1. The first-order valence-electron chi connectivity index (χ1n) is 13.6. The molecule has 2 heterocycles. The molecule has 6 aromatic carbocycles. The summed E-state index contributed by atoms with van der Waals surface area (Å²) in [5.74, 6) is 0. The molecule has 2 nitrogen and oxygen atoms in total. The van der Waals surface area contributed by atoms with Crippen LogP contribution in [0.2, 0.25) is 0 Å². The fraction of sp³-hybridized carbons (Fsp3) is 0.0270. The number of hydrogen-bond donors (Lipinski definition) is 0. The molecule has 7 aromatic rings. The van der Waals surface area contributed by atoms with Gasteiger partial charge in [0.15, 0.2) is 0 Å². The molecule has 0 amide bonds. The van der Waals surface area contributed by atoms with Gasteiger partial charge in [0.2, 0.25) is 0 Å². The minimum absolute atomic E-state index is 0.00882. The normalized spacial score (nSPS) is 13.0. The quantitative estimate of drug-likeness (QED) is 0.201. The average Bonchev–Trinajstić information content (AvgIpc) is 3.30. The van der Waals surface area contributed by atoms with Gasteiger partial charge >= 0.3 is 228 Å². The molecule has 0 bridgehead atoms. The third kappa shape index (κ3) is 4.63. The summed E-state index contributed by atoms with van der Waals surface area (Å²) in [6.07, 6.45) is 0. The van der Waals surface area contributed by atoms with Crippen molar-refractivity contribution in [3.05, 3.63) is 147 Å². The standard InChI is InChI=1S/C37H25I2NO/c1-2-8-27(9-3-1)40(29-19-20-31-30-10-4-6-12-34(30)38-24-39-35(31)23-29)28-17-14-25(15-18-28)26-16-21-37-33(22-26)32-11-5-7-13-36(32)41-37/h1-23H,24H2/q-2. The van der Waals surface area contributed by atoms with E-state index in [2.05, 4.69) is 132 Å². The van der Waals surface area contributed by atoms with E-state index in [4.69, 9.17) is 4.42 Å². The van der Waals surface area contributed by atoms with Gasteiger partial charge in [-0.2, -0.15) is 0 Å². The van der Waals surface area contributed by atoms with Crippen LogP contribution in [0.1, 0.15) is 0 Å². The second kappa shape index (κ2) is 10.7.